The topological polar surface area (TPSA) is 66.8 Å². The van der Waals surface area contributed by atoms with Gasteiger partial charge >= 0.3 is 0 Å². The second-order valence-electron chi connectivity index (χ2n) is 5.39. The molecule has 1 atom stereocenters. The minimum Gasteiger partial charge on any atom is -0.393 e. The molecule has 0 aromatic heterocycles. The molecule has 0 aliphatic carbocycles. The van der Waals surface area contributed by atoms with Gasteiger partial charge in [0.05, 0.1) is 11.7 Å². The molecule has 7 heteroatoms. The molecule has 0 aromatic rings. The van der Waals surface area contributed by atoms with Crippen molar-refractivity contribution in [2.75, 3.05) is 13.2 Å². The molecule has 0 aromatic carbocycles. The number of ether oxygens (including phenoxy) is 1. The minimum atomic E-state index is -0.461. The molecule has 0 radical (unpaired) electrons. The number of hydrogen-bond acceptors (Lipinski definition) is 4. The largest absolute Gasteiger partial charge is 0.393 e. The fourth-order valence-corrected chi connectivity index (χ4v) is 2.45. The molecule has 20 heavy (non-hydrogen) atoms. The van der Waals surface area contributed by atoms with E-state index in [4.69, 9.17) is 4.74 Å². The van der Waals surface area contributed by atoms with Crippen LogP contribution in [0.2, 0.25) is 0 Å². The second kappa shape index (κ2) is 7.15. The number of aliphatic hydroxyl groups excluding tert-OH is 1. The van der Waals surface area contributed by atoms with Crippen LogP contribution in [0.5, 0.6) is 0 Å². The summed E-state index contributed by atoms with van der Waals surface area (Å²) in [7, 11) is 0. The van der Waals surface area contributed by atoms with Crippen molar-refractivity contribution in [1.29, 1.82) is 0 Å². The number of carbonyl (C=O) groups excluding carboxylic acids is 2. The summed E-state index contributed by atoms with van der Waals surface area (Å²) >= 11 is 6.18. The Morgan fingerprint density at radius 1 is 1.25 bits per heavy atom. The number of imide groups is 1. The van der Waals surface area contributed by atoms with Gasteiger partial charge in [0.25, 0.3) is 11.8 Å². The molecule has 1 N–H and O–H groups in total. The van der Waals surface area contributed by atoms with Crippen LogP contribution in [-0.4, -0.2) is 46.7 Å². The van der Waals surface area contributed by atoms with Crippen LogP contribution in [0.1, 0.15) is 33.6 Å². The van der Waals surface area contributed by atoms with Gasteiger partial charge in [-0.2, -0.15) is 0 Å². The van der Waals surface area contributed by atoms with Crippen LogP contribution in [0.3, 0.4) is 0 Å². The van der Waals surface area contributed by atoms with Gasteiger partial charge in [0.1, 0.15) is 8.96 Å². The standard InChI is InChI=1S/C13H19Br2NO4/c1-8(17)4-7-20-13(2,3)5-6-16-11(18)9(14)10(15)12(16)19/h8,17H,4-7H2,1-3H3. The predicted molar refractivity (Wildman–Crippen MR) is 82.5 cm³/mol. The molecule has 0 spiro atoms. The summed E-state index contributed by atoms with van der Waals surface area (Å²) in [5.41, 5.74) is -0.461. The number of rotatable bonds is 7. The highest BCUT2D eigenvalue weighted by Gasteiger charge is 2.36. The zero-order valence-electron chi connectivity index (χ0n) is 11.8. The van der Waals surface area contributed by atoms with Crippen LogP contribution in [0, 0.1) is 0 Å². The van der Waals surface area contributed by atoms with Crippen LogP contribution in [-0.2, 0) is 14.3 Å². The number of hydrogen-bond donors (Lipinski definition) is 1. The molecule has 0 saturated carbocycles. The first-order chi connectivity index (χ1) is 9.15. The smallest absolute Gasteiger partial charge is 0.269 e. The number of carbonyl (C=O) groups is 2. The lowest BCUT2D eigenvalue weighted by atomic mass is 10.0. The van der Waals surface area contributed by atoms with E-state index in [1.807, 2.05) is 13.8 Å². The van der Waals surface area contributed by atoms with Crippen molar-refractivity contribution in [3.05, 3.63) is 8.96 Å². The quantitative estimate of drug-likeness (QED) is 0.651. The Hall–Kier alpha value is -0.240. The van der Waals surface area contributed by atoms with E-state index in [9.17, 15) is 14.7 Å². The maximum absolute atomic E-state index is 11.8. The van der Waals surface area contributed by atoms with Gasteiger partial charge in [0, 0.05) is 13.2 Å². The zero-order valence-corrected chi connectivity index (χ0v) is 15.0. The van der Waals surface area contributed by atoms with Gasteiger partial charge in [0.15, 0.2) is 0 Å². The molecule has 1 aliphatic rings. The molecule has 0 bridgehead atoms. The van der Waals surface area contributed by atoms with E-state index in [2.05, 4.69) is 31.9 Å². The minimum absolute atomic E-state index is 0.260. The van der Waals surface area contributed by atoms with Crippen molar-refractivity contribution in [3.63, 3.8) is 0 Å². The first-order valence-corrected chi connectivity index (χ1v) is 7.98. The van der Waals surface area contributed by atoms with Crippen LogP contribution in [0.15, 0.2) is 8.96 Å². The number of nitrogens with zero attached hydrogens (tertiary/aromatic N) is 1. The van der Waals surface area contributed by atoms with Gasteiger partial charge in [0.2, 0.25) is 0 Å². The van der Waals surface area contributed by atoms with E-state index < -0.39 is 11.7 Å². The molecule has 5 nitrogen and oxygen atoms in total. The van der Waals surface area contributed by atoms with Crippen molar-refractivity contribution in [3.8, 4) is 0 Å². The first kappa shape index (κ1) is 17.8. The lowest BCUT2D eigenvalue weighted by Gasteiger charge is -2.27. The Kier molecular flexibility index (Phi) is 6.37. The summed E-state index contributed by atoms with van der Waals surface area (Å²) in [6.45, 7) is 6.25. The van der Waals surface area contributed by atoms with Crippen LogP contribution in [0.4, 0.5) is 0 Å². The van der Waals surface area contributed by atoms with Gasteiger partial charge in [-0.05, 0) is 65.5 Å². The summed E-state index contributed by atoms with van der Waals surface area (Å²) in [6.07, 6.45) is 0.692. The SMILES string of the molecule is CC(O)CCOC(C)(C)CCN1C(=O)C(Br)=C(Br)C1=O. The summed E-state index contributed by atoms with van der Waals surface area (Å²) in [5, 5.41) is 9.19. The third-order valence-electron chi connectivity index (χ3n) is 3.02. The van der Waals surface area contributed by atoms with Crippen molar-refractivity contribution in [2.24, 2.45) is 0 Å². The predicted octanol–water partition coefficient (Wildman–Crippen LogP) is 2.31. The Labute approximate surface area is 135 Å². The molecule has 1 rings (SSSR count). The summed E-state index contributed by atoms with van der Waals surface area (Å²) in [6, 6.07) is 0. The van der Waals surface area contributed by atoms with E-state index in [-0.39, 0.29) is 20.8 Å². The molecule has 0 fully saturated rings. The Morgan fingerprint density at radius 2 is 1.75 bits per heavy atom. The molecule has 1 unspecified atom stereocenters. The van der Waals surface area contributed by atoms with Crippen LogP contribution in [0.25, 0.3) is 0 Å². The maximum atomic E-state index is 11.8. The molecule has 1 aliphatic heterocycles. The highest BCUT2D eigenvalue weighted by molar-refractivity contribution is 9.14. The monoisotopic (exact) mass is 411 g/mol. The first-order valence-electron chi connectivity index (χ1n) is 6.39. The summed E-state index contributed by atoms with van der Waals surface area (Å²) < 4.78 is 6.20. The van der Waals surface area contributed by atoms with Gasteiger partial charge in [-0.1, -0.05) is 0 Å². The fourth-order valence-electron chi connectivity index (χ4n) is 1.68. The lowest BCUT2D eigenvalue weighted by molar-refractivity contribution is -0.138. The highest BCUT2D eigenvalue weighted by atomic mass is 79.9. The molecule has 0 saturated heterocycles. The van der Waals surface area contributed by atoms with Crippen LogP contribution < -0.4 is 0 Å². The number of halogens is 2. The fraction of sp³-hybridized carbons (Fsp3) is 0.692. The molecule has 114 valence electrons. The zero-order chi connectivity index (χ0) is 15.5. The third kappa shape index (κ3) is 4.65. The van der Waals surface area contributed by atoms with Crippen molar-refractivity contribution >= 4 is 43.7 Å². The van der Waals surface area contributed by atoms with E-state index in [1.54, 1.807) is 6.92 Å². The van der Waals surface area contributed by atoms with Crippen LogP contribution >= 0.6 is 31.9 Å². The third-order valence-corrected chi connectivity index (χ3v) is 5.03. The Balaban J connectivity index is 2.47. The van der Waals surface area contributed by atoms with Crippen molar-refractivity contribution in [1.82, 2.24) is 4.90 Å². The summed E-state index contributed by atoms with van der Waals surface area (Å²) in [4.78, 5) is 24.9. The van der Waals surface area contributed by atoms with E-state index in [0.29, 0.717) is 26.0 Å². The molecule has 2 amide bonds. The van der Waals surface area contributed by atoms with Gasteiger partial charge < -0.3 is 9.84 Å². The van der Waals surface area contributed by atoms with Gasteiger partial charge in [-0.25, -0.2) is 0 Å². The maximum Gasteiger partial charge on any atom is 0.269 e. The van der Waals surface area contributed by atoms with E-state index in [0.717, 1.165) is 0 Å². The molecular weight excluding hydrogens is 394 g/mol. The highest BCUT2D eigenvalue weighted by Crippen LogP contribution is 2.30. The Bertz CT molecular complexity index is 408. The average molecular weight is 413 g/mol. The summed E-state index contributed by atoms with van der Waals surface area (Å²) in [5.74, 6) is -0.664. The van der Waals surface area contributed by atoms with E-state index >= 15 is 0 Å². The molecule has 1 heterocycles. The lowest BCUT2D eigenvalue weighted by Crippen LogP contribution is -2.37. The number of aliphatic hydroxyl groups is 1. The van der Waals surface area contributed by atoms with Crippen molar-refractivity contribution < 1.29 is 19.4 Å². The number of amides is 2. The van der Waals surface area contributed by atoms with Gasteiger partial charge in [-0.15, -0.1) is 0 Å². The van der Waals surface area contributed by atoms with Crippen molar-refractivity contribution in [2.45, 2.75) is 45.3 Å². The van der Waals surface area contributed by atoms with Gasteiger partial charge in [-0.3, -0.25) is 14.5 Å². The Morgan fingerprint density at radius 3 is 2.20 bits per heavy atom. The molecular formula is C13H19Br2NO4. The van der Waals surface area contributed by atoms with E-state index in [1.165, 1.54) is 4.90 Å². The average Bonchev–Trinajstić information content (AvgIpc) is 2.51. The normalized spacial score (nSPS) is 18.2. The second-order valence-corrected chi connectivity index (χ2v) is 6.97.